The van der Waals surface area contributed by atoms with Crippen molar-refractivity contribution in [2.75, 3.05) is 13.1 Å². The van der Waals surface area contributed by atoms with Gasteiger partial charge >= 0.3 is 0 Å². The molecule has 1 aliphatic rings. The highest BCUT2D eigenvalue weighted by molar-refractivity contribution is 5.22. The Bertz CT molecular complexity index is 613. The van der Waals surface area contributed by atoms with Crippen LogP contribution in [0, 0.1) is 5.82 Å². The van der Waals surface area contributed by atoms with Crippen molar-refractivity contribution in [2.24, 2.45) is 7.05 Å². The zero-order valence-electron chi connectivity index (χ0n) is 12.1. The first-order chi connectivity index (χ1) is 10.1. The molecule has 112 valence electrons. The summed E-state index contributed by atoms with van der Waals surface area (Å²) in [6, 6.07) is 8.78. The summed E-state index contributed by atoms with van der Waals surface area (Å²) >= 11 is 0. The number of hydrogen-bond acceptors (Lipinski definition) is 3. The lowest BCUT2D eigenvalue weighted by molar-refractivity contribution is 0.175. The standard InChI is InChI=1S/C16H20FN3O/c1-19-14(5-7-18-19)6-8-20-11-15(21)10-16(20)12-3-2-4-13(17)9-12/h2-5,7,9,15-16,21H,6,8,10-11H2,1H3/t15-,16+/m0/s1. The molecule has 1 fully saturated rings. The van der Waals surface area contributed by atoms with Crippen molar-refractivity contribution in [3.05, 3.63) is 53.6 Å². The molecule has 21 heavy (non-hydrogen) atoms. The van der Waals surface area contributed by atoms with Crippen LogP contribution in [-0.4, -0.2) is 39.0 Å². The van der Waals surface area contributed by atoms with E-state index in [1.807, 2.05) is 23.9 Å². The summed E-state index contributed by atoms with van der Waals surface area (Å²) in [4.78, 5) is 2.23. The van der Waals surface area contributed by atoms with Gasteiger partial charge in [0.2, 0.25) is 0 Å². The zero-order valence-corrected chi connectivity index (χ0v) is 12.1. The van der Waals surface area contributed by atoms with Gasteiger partial charge in [0.05, 0.1) is 6.10 Å². The molecule has 1 aromatic carbocycles. The summed E-state index contributed by atoms with van der Waals surface area (Å²) in [6.07, 6.45) is 2.98. The predicted octanol–water partition coefficient (Wildman–Crippen LogP) is 1.91. The summed E-state index contributed by atoms with van der Waals surface area (Å²) in [7, 11) is 1.93. The molecule has 3 rings (SSSR count). The van der Waals surface area contributed by atoms with Crippen LogP contribution in [0.25, 0.3) is 0 Å². The van der Waals surface area contributed by atoms with Gasteiger partial charge in [-0.2, -0.15) is 5.10 Å². The molecular weight excluding hydrogens is 269 g/mol. The Morgan fingerprint density at radius 2 is 2.24 bits per heavy atom. The molecule has 2 atom stereocenters. The summed E-state index contributed by atoms with van der Waals surface area (Å²) in [5, 5.41) is 14.1. The van der Waals surface area contributed by atoms with Gasteiger partial charge in [-0.3, -0.25) is 9.58 Å². The number of aliphatic hydroxyl groups is 1. The molecule has 2 heterocycles. The number of aryl methyl sites for hydroxylation is 1. The monoisotopic (exact) mass is 289 g/mol. The van der Waals surface area contributed by atoms with Crippen LogP contribution in [0.1, 0.15) is 23.7 Å². The van der Waals surface area contributed by atoms with Gasteiger partial charge in [-0.25, -0.2) is 4.39 Å². The van der Waals surface area contributed by atoms with Crippen molar-refractivity contribution in [1.29, 1.82) is 0 Å². The van der Waals surface area contributed by atoms with E-state index in [0.29, 0.717) is 13.0 Å². The molecule has 1 N–H and O–H groups in total. The van der Waals surface area contributed by atoms with Crippen molar-refractivity contribution in [1.82, 2.24) is 14.7 Å². The highest BCUT2D eigenvalue weighted by Crippen LogP contribution is 2.32. The Labute approximate surface area is 123 Å². The fourth-order valence-electron chi connectivity index (χ4n) is 3.09. The topological polar surface area (TPSA) is 41.3 Å². The summed E-state index contributed by atoms with van der Waals surface area (Å²) in [6.45, 7) is 1.47. The molecule has 1 aromatic heterocycles. The van der Waals surface area contributed by atoms with E-state index in [9.17, 15) is 9.50 Å². The second kappa shape index (κ2) is 5.95. The van der Waals surface area contributed by atoms with Gasteiger partial charge in [-0.15, -0.1) is 0 Å². The molecule has 0 amide bonds. The third-order valence-corrected chi connectivity index (χ3v) is 4.19. The highest BCUT2D eigenvalue weighted by Gasteiger charge is 2.31. The van der Waals surface area contributed by atoms with Crippen molar-refractivity contribution < 1.29 is 9.50 Å². The minimum atomic E-state index is -0.343. The molecule has 0 saturated carbocycles. The van der Waals surface area contributed by atoms with E-state index >= 15 is 0 Å². The van der Waals surface area contributed by atoms with Crippen molar-refractivity contribution in [2.45, 2.75) is 25.0 Å². The van der Waals surface area contributed by atoms with Crippen LogP contribution in [0.4, 0.5) is 4.39 Å². The maximum absolute atomic E-state index is 13.4. The first-order valence-corrected chi connectivity index (χ1v) is 7.28. The number of rotatable bonds is 4. The maximum atomic E-state index is 13.4. The number of likely N-dealkylation sites (tertiary alicyclic amines) is 1. The number of hydrogen-bond donors (Lipinski definition) is 1. The first kappa shape index (κ1) is 14.2. The van der Waals surface area contributed by atoms with Crippen LogP contribution in [0.15, 0.2) is 36.5 Å². The van der Waals surface area contributed by atoms with Gasteiger partial charge in [0.15, 0.2) is 0 Å². The number of aromatic nitrogens is 2. The third kappa shape index (κ3) is 3.14. The minimum Gasteiger partial charge on any atom is -0.392 e. The molecule has 1 saturated heterocycles. The maximum Gasteiger partial charge on any atom is 0.123 e. The Morgan fingerprint density at radius 1 is 1.38 bits per heavy atom. The van der Waals surface area contributed by atoms with E-state index in [0.717, 1.165) is 24.2 Å². The van der Waals surface area contributed by atoms with Crippen LogP contribution in [0.3, 0.4) is 0 Å². The molecule has 0 bridgehead atoms. The average molecular weight is 289 g/mol. The molecule has 0 aliphatic carbocycles. The van der Waals surface area contributed by atoms with Crippen LogP contribution in [0.2, 0.25) is 0 Å². The molecule has 0 unspecified atom stereocenters. The van der Waals surface area contributed by atoms with Gasteiger partial charge in [-0.1, -0.05) is 12.1 Å². The van der Waals surface area contributed by atoms with Crippen molar-refractivity contribution in [3.8, 4) is 0 Å². The number of halogens is 1. The number of nitrogens with zero attached hydrogens (tertiary/aromatic N) is 3. The van der Waals surface area contributed by atoms with Crippen LogP contribution >= 0.6 is 0 Å². The molecule has 5 heteroatoms. The lowest BCUT2D eigenvalue weighted by Gasteiger charge is -2.24. The Balaban J connectivity index is 1.72. The van der Waals surface area contributed by atoms with Gasteiger partial charge in [0.1, 0.15) is 5.82 Å². The Hall–Kier alpha value is -1.72. The molecule has 2 aromatic rings. The van der Waals surface area contributed by atoms with Crippen LogP contribution in [-0.2, 0) is 13.5 Å². The van der Waals surface area contributed by atoms with E-state index < -0.39 is 0 Å². The minimum absolute atomic E-state index is 0.0870. The van der Waals surface area contributed by atoms with Gasteiger partial charge < -0.3 is 5.11 Å². The quantitative estimate of drug-likeness (QED) is 0.935. The van der Waals surface area contributed by atoms with E-state index in [1.165, 1.54) is 6.07 Å². The normalized spacial score (nSPS) is 22.8. The molecule has 0 radical (unpaired) electrons. The smallest absolute Gasteiger partial charge is 0.123 e. The number of benzene rings is 1. The number of β-amino-alcohol motifs (C(OH)–C–C–N with tert-alkyl or cyclic N) is 1. The lowest BCUT2D eigenvalue weighted by Crippen LogP contribution is -2.27. The van der Waals surface area contributed by atoms with Crippen molar-refractivity contribution in [3.63, 3.8) is 0 Å². The largest absolute Gasteiger partial charge is 0.392 e. The van der Waals surface area contributed by atoms with Gasteiger partial charge in [0.25, 0.3) is 0 Å². The van der Waals surface area contributed by atoms with Crippen LogP contribution in [0.5, 0.6) is 0 Å². The SMILES string of the molecule is Cn1nccc1CCN1C[C@@H](O)C[C@@H]1c1cccc(F)c1. The first-order valence-electron chi connectivity index (χ1n) is 7.28. The van der Waals surface area contributed by atoms with E-state index in [1.54, 1.807) is 18.3 Å². The Kier molecular flexibility index (Phi) is 4.03. The molecule has 1 aliphatic heterocycles. The lowest BCUT2D eigenvalue weighted by atomic mass is 10.0. The van der Waals surface area contributed by atoms with E-state index in [4.69, 9.17) is 0 Å². The fraction of sp³-hybridized carbons (Fsp3) is 0.438. The average Bonchev–Trinajstić information content (AvgIpc) is 3.02. The summed E-state index contributed by atoms with van der Waals surface area (Å²) in [5.41, 5.74) is 2.10. The van der Waals surface area contributed by atoms with Gasteiger partial charge in [-0.05, 0) is 30.2 Å². The summed E-state index contributed by atoms with van der Waals surface area (Å²) in [5.74, 6) is -0.222. The fourth-order valence-corrected chi connectivity index (χ4v) is 3.09. The second-order valence-corrected chi connectivity index (χ2v) is 5.65. The molecular formula is C16H20FN3O. The Morgan fingerprint density at radius 3 is 2.95 bits per heavy atom. The van der Waals surface area contributed by atoms with Crippen molar-refractivity contribution >= 4 is 0 Å². The third-order valence-electron chi connectivity index (χ3n) is 4.19. The highest BCUT2D eigenvalue weighted by atomic mass is 19.1. The molecule has 0 spiro atoms. The molecule has 4 nitrogen and oxygen atoms in total. The van der Waals surface area contributed by atoms with E-state index in [2.05, 4.69) is 10.00 Å². The zero-order chi connectivity index (χ0) is 14.8. The van der Waals surface area contributed by atoms with Crippen LogP contribution < -0.4 is 0 Å². The number of aliphatic hydroxyl groups excluding tert-OH is 1. The summed E-state index contributed by atoms with van der Waals surface area (Å²) < 4.78 is 15.3. The predicted molar refractivity (Wildman–Crippen MR) is 78.2 cm³/mol. The van der Waals surface area contributed by atoms with E-state index in [-0.39, 0.29) is 18.0 Å². The second-order valence-electron chi connectivity index (χ2n) is 5.65. The van der Waals surface area contributed by atoms with Gasteiger partial charge in [0, 0.05) is 44.5 Å².